The number of hydrogen-bond acceptors (Lipinski definition) is 3. The van der Waals surface area contributed by atoms with Gasteiger partial charge in [0.05, 0.1) is 11.7 Å². The molecule has 0 amide bonds. The molecule has 82 valence electrons. The molecule has 0 aromatic carbocycles. The average molecular weight is 248 g/mol. The molecule has 1 unspecified atom stereocenters. The van der Waals surface area contributed by atoms with E-state index >= 15 is 0 Å². The zero-order valence-electron chi connectivity index (χ0n) is 8.46. The third-order valence-corrected chi connectivity index (χ3v) is 2.27. The topological polar surface area (TPSA) is 39.2 Å². The van der Waals surface area contributed by atoms with E-state index in [1.54, 1.807) is 0 Å². The van der Waals surface area contributed by atoms with Crippen molar-refractivity contribution in [1.82, 2.24) is 4.98 Å². The second-order valence-electron chi connectivity index (χ2n) is 3.13. The van der Waals surface area contributed by atoms with Crippen LogP contribution in [0.2, 0.25) is 10.3 Å². The summed E-state index contributed by atoms with van der Waals surface area (Å²) in [6.07, 6.45) is 0.640. The van der Waals surface area contributed by atoms with E-state index in [2.05, 4.69) is 4.98 Å². The van der Waals surface area contributed by atoms with E-state index in [1.807, 2.05) is 13.8 Å². The van der Waals surface area contributed by atoms with Gasteiger partial charge in [0.15, 0.2) is 0 Å². The number of esters is 1. The van der Waals surface area contributed by atoms with E-state index < -0.39 is 5.97 Å². The van der Waals surface area contributed by atoms with Crippen LogP contribution in [0.4, 0.5) is 0 Å². The molecule has 0 aliphatic heterocycles. The van der Waals surface area contributed by atoms with E-state index in [0.717, 1.165) is 6.42 Å². The Labute approximate surface area is 98.4 Å². The summed E-state index contributed by atoms with van der Waals surface area (Å²) in [5.41, 5.74) is 0.320. The maximum Gasteiger partial charge on any atom is 0.338 e. The second kappa shape index (κ2) is 5.33. The molecule has 15 heavy (non-hydrogen) atoms. The highest BCUT2D eigenvalue weighted by Gasteiger charge is 2.12. The standard InChI is InChI=1S/C10H11Cl2NO2/c1-3-6(2)15-10(14)7-4-8(11)13-9(12)5-7/h4-6H,3H2,1-2H3. The molecule has 0 aliphatic carbocycles. The fourth-order valence-electron chi connectivity index (χ4n) is 0.917. The van der Waals surface area contributed by atoms with Gasteiger partial charge >= 0.3 is 5.97 Å². The monoisotopic (exact) mass is 247 g/mol. The predicted octanol–water partition coefficient (Wildman–Crippen LogP) is 3.34. The van der Waals surface area contributed by atoms with E-state index in [-0.39, 0.29) is 16.4 Å². The van der Waals surface area contributed by atoms with Gasteiger partial charge in [-0.2, -0.15) is 0 Å². The van der Waals surface area contributed by atoms with Gasteiger partial charge in [0.25, 0.3) is 0 Å². The van der Waals surface area contributed by atoms with Crippen molar-refractivity contribution < 1.29 is 9.53 Å². The van der Waals surface area contributed by atoms with Gasteiger partial charge in [0, 0.05) is 0 Å². The average Bonchev–Trinajstić information content (AvgIpc) is 2.16. The second-order valence-corrected chi connectivity index (χ2v) is 3.90. The molecule has 3 nitrogen and oxygen atoms in total. The molecule has 0 N–H and O–H groups in total. The first-order chi connectivity index (χ1) is 7.02. The lowest BCUT2D eigenvalue weighted by atomic mass is 10.2. The Morgan fingerprint density at radius 2 is 2.00 bits per heavy atom. The Kier molecular flexibility index (Phi) is 4.36. The van der Waals surface area contributed by atoms with Crippen molar-refractivity contribution in [3.63, 3.8) is 0 Å². The highest BCUT2D eigenvalue weighted by Crippen LogP contribution is 2.16. The Morgan fingerprint density at radius 3 is 2.47 bits per heavy atom. The molecule has 0 bridgehead atoms. The molecule has 0 fully saturated rings. The van der Waals surface area contributed by atoms with Gasteiger partial charge < -0.3 is 4.74 Å². The molecule has 1 heterocycles. The molecule has 5 heteroatoms. The summed E-state index contributed by atoms with van der Waals surface area (Å²) in [6.45, 7) is 3.76. The van der Waals surface area contributed by atoms with E-state index in [4.69, 9.17) is 27.9 Å². The van der Waals surface area contributed by atoms with Gasteiger partial charge in [-0.3, -0.25) is 0 Å². The van der Waals surface area contributed by atoms with Gasteiger partial charge in [0.2, 0.25) is 0 Å². The minimum atomic E-state index is -0.435. The molecule has 0 spiro atoms. The van der Waals surface area contributed by atoms with Gasteiger partial charge in [-0.05, 0) is 25.5 Å². The van der Waals surface area contributed by atoms with Crippen LogP contribution in [0.15, 0.2) is 12.1 Å². The van der Waals surface area contributed by atoms with Crippen molar-refractivity contribution in [2.45, 2.75) is 26.4 Å². The fourth-order valence-corrected chi connectivity index (χ4v) is 1.38. The van der Waals surface area contributed by atoms with Crippen molar-refractivity contribution in [1.29, 1.82) is 0 Å². The predicted molar refractivity (Wildman–Crippen MR) is 59.4 cm³/mol. The summed E-state index contributed by atoms with van der Waals surface area (Å²) >= 11 is 11.3. The highest BCUT2D eigenvalue weighted by atomic mass is 35.5. The normalized spacial score (nSPS) is 12.3. The number of halogens is 2. The fraction of sp³-hybridized carbons (Fsp3) is 0.400. The molecule has 1 atom stereocenters. The van der Waals surface area contributed by atoms with Gasteiger partial charge in [-0.15, -0.1) is 0 Å². The van der Waals surface area contributed by atoms with E-state index in [1.165, 1.54) is 12.1 Å². The van der Waals surface area contributed by atoms with Crippen molar-refractivity contribution in [3.05, 3.63) is 28.0 Å². The van der Waals surface area contributed by atoms with Crippen molar-refractivity contribution >= 4 is 29.2 Å². The van der Waals surface area contributed by atoms with Crippen LogP contribution >= 0.6 is 23.2 Å². The summed E-state index contributed by atoms with van der Waals surface area (Å²) in [5.74, 6) is -0.435. The van der Waals surface area contributed by atoms with Crippen LogP contribution in [0.5, 0.6) is 0 Å². The molecule has 0 radical (unpaired) electrons. The van der Waals surface area contributed by atoms with Crippen LogP contribution in [0.3, 0.4) is 0 Å². The first-order valence-corrected chi connectivity index (χ1v) is 5.32. The summed E-state index contributed by atoms with van der Waals surface area (Å²) in [4.78, 5) is 15.3. The summed E-state index contributed by atoms with van der Waals surface area (Å²) in [5, 5.41) is 0.359. The highest BCUT2D eigenvalue weighted by molar-refractivity contribution is 6.32. The van der Waals surface area contributed by atoms with Crippen molar-refractivity contribution in [2.75, 3.05) is 0 Å². The molecular formula is C10H11Cl2NO2. The largest absolute Gasteiger partial charge is 0.459 e. The Balaban J connectivity index is 2.82. The maximum absolute atomic E-state index is 11.6. The quantitative estimate of drug-likeness (QED) is 0.608. The van der Waals surface area contributed by atoms with Crippen LogP contribution < -0.4 is 0 Å². The lowest BCUT2D eigenvalue weighted by molar-refractivity contribution is 0.0334. The maximum atomic E-state index is 11.6. The zero-order chi connectivity index (χ0) is 11.4. The number of carbonyl (C=O) groups is 1. The van der Waals surface area contributed by atoms with Crippen LogP contribution in [-0.2, 0) is 4.74 Å². The first kappa shape index (κ1) is 12.3. The van der Waals surface area contributed by atoms with Gasteiger partial charge in [-0.1, -0.05) is 30.1 Å². The lowest BCUT2D eigenvalue weighted by Crippen LogP contribution is -2.14. The van der Waals surface area contributed by atoms with Crippen LogP contribution in [0, 0.1) is 0 Å². The summed E-state index contributed by atoms with van der Waals surface area (Å²) < 4.78 is 5.11. The van der Waals surface area contributed by atoms with E-state index in [0.29, 0.717) is 5.56 Å². The van der Waals surface area contributed by atoms with E-state index in [9.17, 15) is 4.79 Å². The number of ether oxygens (including phenoxy) is 1. The first-order valence-electron chi connectivity index (χ1n) is 4.57. The molecule has 0 saturated heterocycles. The smallest absolute Gasteiger partial charge is 0.338 e. The number of hydrogen-bond donors (Lipinski definition) is 0. The molecular weight excluding hydrogens is 237 g/mol. The van der Waals surface area contributed by atoms with Gasteiger partial charge in [-0.25, -0.2) is 9.78 Å². The Bertz CT molecular complexity index is 348. The molecule has 1 aromatic rings. The minimum Gasteiger partial charge on any atom is -0.459 e. The third kappa shape index (κ3) is 3.68. The molecule has 1 rings (SSSR count). The lowest BCUT2D eigenvalue weighted by Gasteiger charge is -2.10. The Morgan fingerprint density at radius 1 is 1.47 bits per heavy atom. The Hall–Kier alpha value is -0.800. The van der Waals surface area contributed by atoms with Crippen LogP contribution in [0.25, 0.3) is 0 Å². The zero-order valence-corrected chi connectivity index (χ0v) is 9.97. The molecule has 1 aromatic heterocycles. The molecule has 0 saturated carbocycles. The third-order valence-electron chi connectivity index (χ3n) is 1.88. The van der Waals surface area contributed by atoms with Crippen molar-refractivity contribution in [3.8, 4) is 0 Å². The van der Waals surface area contributed by atoms with Crippen LogP contribution in [0.1, 0.15) is 30.6 Å². The summed E-state index contributed by atoms with van der Waals surface area (Å²) in [6, 6.07) is 2.86. The molecule has 0 aliphatic rings. The van der Waals surface area contributed by atoms with Gasteiger partial charge in [0.1, 0.15) is 10.3 Å². The number of nitrogens with zero attached hydrogens (tertiary/aromatic N) is 1. The minimum absolute atomic E-state index is 0.122. The SMILES string of the molecule is CCC(C)OC(=O)c1cc(Cl)nc(Cl)c1. The number of rotatable bonds is 3. The van der Waals surface area contributed by atoms with Crippen molar-refractivity contribution in [2.24, 2.45) is 0 Å². The number of pyridine rings is 1. The summed E-state index contributed by atoms with van der Waals surface area (Å²) in [7, 11) is 0. The van der Waals surface area contributed by atoms with Crippen LogP contribution in [-0.4, -0.2) is 17.1 Å². The number of carbonyl (C=O) groups excluding carboxylic acids is 1. The number of aromatic nitrogens is 1.